The average Bonchev–Trinajstić information content (AvgIpc) is 3.10. The van der Waals surface area contributed by atoms with Gasteiger partial charge in [-0.15, -0.1) is 0 Å². The number of piperidine rings is 1. The Hall–Kier alpha value is -2.54. The van der Waals surface area contributed by atoms with E-state index in [1.165, 1.54) is 29.1 Å². The number of hydrogen-bond donors (Lipinski definition) is 2. The Kier molecular flexibility index (Phi) is 5.02. The van der Waals surface area contributed by atoms with E-state index >= 15 is 0 Å². The highest BCUT2D eigenvalue weighted by Crippen LogP contribution is 2.44. The number of carbonyl (C=O) groups excluding carboxylic acids is 2. The Morgan fingerprint density at radius 3 is 2.96 bits per heavy atom. The number of aromatic nitrogens is 1. The number of urea groups is 1. The van der Waals surface area contributed by atoms with Crippen LogP contribution in [0, 0.1) is 5.92 Å². The maximum Gasteiger partial charge on any atom is 0.314 e. The lowest BCUT2D eigenvalue weighted by Crippen LogP contribution is -2.51. The van der Waals surface area contributed by atoms with Crippen LogP contribution in [0.4, 0.5) is 4.79 Å². The van der Waals surface area contributed by atoms with Gasteiger partial charge in [-0.25, -0.2) is 4.79 Å². The van der Waals surface area contributed by atoms with Crippen LogP contribution < -0.4 is 5.73 Å². The minimum absolute atomic E-state index is 0.167. The molecule has 7 nitrogen and oxygen atoms in total. The number of ether oxygens (including phenoxy) is 1. The number of benzene rings is 1. The summed E-state index contributed by atoms with van der Waals surface area (Å²) in [6, 6.07) is 6.50. The van der Waals surface area contributed by atoms with E-state index in [1.54, 1.807) is 4.90 Å². The maximum atomic E-state index is 11.9. The fourth-order valence-electron chi connectivity index (χ4n) is 5.12. The number of hydrogen-bond acceptors (Lipinski definition) is 4. The van der Waals surface area contributed by atoms with Crippen molar-refractivity contribution in [2.75, 3.05) is 33.8 Å². The molecule has 1 aromatic heterocycles. The molecule has 3 N–H and O–H groups in total. The molecule has 2 aromatic rings. The van der Waals surface area contributed by atoms with Gasteiger partial charge in [0.2, 0.25) is 0 Å². The van der Waals surface area contributed by atoms with Gasteiger partial charge in [-0.1, -0.05) is 12.1 Å². The molecule has 28 heavy (non-hydrogen) atoms. The van der Waals surface area contributed by atoms with Gasteiger partial charge in [-0.05, 0) is 43.0 Å². The van der Waals surface area contributed by atoms with Gasteiger partial charge in [-0.2, -0.15) is 0 Å². The molecule has 0 bridgehead atoms. The van der Waals surface area contributed by atoms with Crippen molar-refractivity contribution < 1.29 is 14.3 Å². The largest absolute Gasteiger partial charge is 0.469 e. The molecule has 1 saturated heterocycles. The number of primary amides is 1. The van der Waals surface area contributed by atoms with E-state index in [1.807, 2.05) is 0 Å². The number of carbonyl (C=O) groups is 2. The zero-order chi connectivity index (χ0) is 19.8. The average molecular weight is 384 g/mol. The van der Waals surface area contributed by atoms with Crippen LogP contribution in [0.2, 0.25) is 0 Å². The van der Waals surface area contributed by atoms with Crippen LogP contribution in [0.25, 0.3) is 10.9 Å². The van der Waals surface area contributed by atoms with Crippen molar-refractivity contribution in [3.05, 3.63) is 35.5 Å². The number of likely N-dealkylation sites (N-methyl/N-ethyl adjacent to an activating group) is 1. The molecule has 1 aliphatic heterocycles. The molecule has 3 atom stereocenters. The van der Waals surface area contributed by atoms with Crippen molar-refractivity contribution in [2.45, 2.75) is 31.2 Å². The molecule has 0 unspecified atom stereocenters. The van der Waals surface area contributed by atoms with E-state index in [-0.39, 0.29) is 12.4 Å². The minimum atomic E-state index is -0.479. The molecule has 150 valence electrons. The normalized spacial score (nSPS) is 24.0. The van der Waals surface area contributed by atoms with Crippen LogP contribution in [0.15, 0.2) is 24.4 Å². The monoisotopic (exact) mass is 384 g/mol. The molecule has 0 spiro atoms. The topological polar surface area (TPSA) is 91.7 Å². The number of fused-ring (bicyclic) bond motifs is 2. The second kappa shape index (κ2) is 7.47. The molecular weight excluding hydrogens is 356 g/mol. The summed E-state index contributed by atoms with van der Waals surface area (Å²) < 4.78 is 4.69. The zero-order valence-corrected chi connectivity index (χ0v) is 16.5. The standard InChI is InChI=1S/C21H28N4O3/c1-24-11-13(12-25(21(22)27)7-6-19(26)28-2)8-16-15-4-3-5-17-20(15)14(10-23-17)9-18(16)24/h3-5,10,13,16,18,23H,6-9,11-12H2,1-2H3,(H2,22,27)/t13-,16-,18-/m1/s1. The fraction of sp³-hybridized carbons (Fsp3) is 0.524. The van der Waals surface area contributed by atoms with Crippen LogP contribution in [-0.4, -0.2) is 66.6 Å². The third-order valence-electron chi connectivity index (χ3n) is 6.42. The molecule has 7 heteroatoms. The first-order valence-electron chi connectivity index (χ1n) is 9.88. The van der Waals surface area contributed by atoms with Gasteiger partial charge in [-0.3, -0.25) is 4.79 Å². The Balaban J connectivity index is 1.53. The zero-order valence-electron chi connectivity index (χ0n) is 16.5. The highest BCUT2D eigenvalue weighted by atomic mass is 16.5. The number of amides is 2. The summed E-state index contributed by atoms with van der Waals surface area (Å²) in [5.41, 5.74) is 9.58. The number of aromatic amines is 1. The highest BCUT2D eigenvalue weighted by molar-refractivity contribution is 5.88. The van der Waals surface area contributed by atoms with Crippen molar-refractivity contribution in [3.8, 4) is 0 Å². The van der Waals surface area contributed by atoms with Crippen molar-refractivity contribution in [2.24, 2.45) is 11.7 Å². The van der Waals surface area contributed by atoms with Crippen LogP contribution in [-0.2, 0) is 16.0 Å². The van der Waals surface area contributed by atoms with Crippen molar-refractivity contribution in [1.29, 1.82) is 0 Å². The predicted molar refractivity (Wildman–Crippen MR) is 107 cm³/mol. The third kappa shape index (κ3) is 3.35. The molecule has 1 fully saturated rings. The summed E-state index contributed by atoms with van der Waals surface area (Å²) in [6.45, 7) is 1.78. The van der Waals surface area contributed by atoms with Crippen molar-refractivity contribution in [3.63, 3.8) is 0 Å². The molecule has 0 saturated carbocycles. The molecular formula is C21H28N4O3. The Morgan fingerprint density at radius 1 is 1.39 bits per heavy atom. The third-order valence-corrected chi connectivity index (χ3v) is 6.42. The van der Waals surface area contributed by atoms with Gasteiger partial charge in [0.1, 0.15) is 0 Å². The summed E-state index contributed by atoms with van der Waals surface area (Å²) in [4.78, 5) is 30.8. The highest BCUT2D eigenvalue weighted by Gasteiger charge is 2.39. The lowest BCUT2D eigenvalue weighted by Gasteiger charge is -2.46. The Morgan fingerprint density at radius 2 is 2.21 bits per heavy atom. The van der Waals surface area contributed by atoms with Gasteiger partial charge >= 0.3 is 12.0 Å². The number of nitrogens with two attached hydrogens (primary N) is 1. The second-order valence-electron chi connectivity index (χ2n) is 8.11. The fourth-order valence-corrected chi connectivity index (χ4v) is 5.12. The Labute approximate surface area is 164 Å². The lowest BCUT2D eigenvalue weighted by atomic mass is 9.72. The number of H-pyrrole nitrogens is 1. The van der Waals surface area contributed by atoms with E-state index in [0.717, 1.165) is 19.4 Å². The molecule has 1 aliphatic carbocycles. The van der Waals surface area contributed by atoms with Crippen LogP contribution in [0.5, 0.6) is 0 Å². The molecule has 4 rings (SSSR count). The van der Waals surface area contributed by atoms with Crippen LogP contribution in [0.3, 0.4) is 0 Å². The predicted octanol–water partition coefficient (Wildman–Crippen LogP) is 2.07. The Bertz CT molecular complexity index is 893. The molecule has 2 amide bonds. The number of esters is 1. The molecule has 2 heterocycles. The summed E-state index contributed by atoms with van der Waals surface area (Å²) in [7, 11) is 3.52. The number of nitrogens with zero attached hydrogens (tertiary/aromatic N) is 2. The van der Waals surface area contributed by atoms with E-state index in [0.29, 0.717) is 31.0 Å². The smallest absolute Gasteiger partial charge is 0.314 e. The van der Waals surface area contributed by atoms with Gasteiger partial charge in [0, 0.05) is 48.7 Å². The number of methoxy groups -OCH3 is 1. The van der Waals surface area contributed by atoms with Crippen molar-refractivity contribution in [1.82, 2.24) is 14.8 Å². The molecule has 2 aliphatic rings. The van der Waals surface area contributed by atoms with Gasteiger partial charge in [0.15, 0.2) is 0 Å². The first-order chi connectivity index (χ1) is 13.5. The summed E-state index contributed by atoms with van der Waals surface area (Å²) >= 11 is 0. The van der Waals surface area contributed by atoms with Crippen LogP contribution in [0.1, 0.15) is 29.9 Å². The summed E-state index contributed by atoms with van der Waals surface area (Å²) in [5.74, 6) is 0.421. The SMILES string of the molecule is COC(=O)CCN(C[C@@H]1C[C@@H]2c3cccc4[nH]cc(c34)C[C@H]2N(C)C1)C(N)=O. The summed E-state index contributed by atoms with van der Waals surface area (Å²) in [6.07, 6.45) is 4.37. The van der Waals surface area contributed by atoms with E-state index in [4.69, 9.17) is 5.73 Å². The molecule has 1 aromatic carbocycles. The lowest BCUT2D eigenvalue weighted by molar-refractivity contribution is -0.140. The second-order valence-corrected chi connectivity index (χ2v) is 8.11. The maximum absolute atomic E-state index is 11.9. The van der Waals surface area contributed by atoms with E-state index in [2.05, 4.69) is 46.1 Å². The number of rotatable bonds is 5. The van der Waals surface area contributed by atoms with Gasteiger partial charge in [0.25, 0.3) is 0 Å². The van der Waals surface area contributed by atoms with Gasteiger partial charge < -0.3 is 25.3 Å². The van der Waals surface area contributed by atoms with Gasteiger partial charge in [0.05, 0.1) is 13.5 Å². The van der Waals surface area contributed by atoms with E-state index in [9.17, 15) is 9.59 Å². The first-order valence-corrected chi connectivity index (χ1v) is 9.88. The van der Waals surface area contributed by atoms with E-state index < -0.39 is 6.03 Å². The minimum Gasteiger partial charge on any atom is -0.469 e. The van der Waals surface area contributed by atoms with Crippen LogP contribution >= 0.6 is 0 Å². The molecule has 0 radical (unpaired) electrons. The number of likely N-dealkylation sites (tertiary alicyclic amines) is 1. The van der Waals surface area contributed by atoms with Crippen molar-refractivity contribution >= 4 is 22.9 Å². The summed E-state index contributed by atoms with van der Waals surface area (Å²) in [5, 5.41) is 1.37. The number of nitrogens with one attached hydrogen (secondary N) is 1. The first kappa shape index (κ1) is 18.8. The quantitative estimate of drug-likeness (QED) is 0.772.